The smallest absolute Gasteiger partial charge is 0.257 e. The first-order valence-electron chi connectivity index (χ1n) is 9.33. The molecule has 2 amide bonds. The quantitative estimate of drug-likeness (QED) is 0.540. The van der Waals surface area contributed by atoms with Crippen LogP contribution in [0.4, 0.5) is 5.13 Å². The molecule has 0 saturated heterocycles. The van der Waals surface area contributed by atoms with Gasteiger partial charge in [0.25, 0.3) is 11.8 Å². The third-order valence-corrected chi connectivity index (χ3v) is 5.55. The molecule has 1 aromatic heterocycles. The number of aromatic nitrogens is 1. The molecule has 0 aliphatic heterocycles. The van der Waals surface area contributed by atoms with Crippen LogP contribution in [0.15, 0.2) is 29.6 Å². The molecule has 1 heterocycles. The number of nitrogens with zero attached hydrogens (tertiary/aromatic N) is 1. The second-order valence-electron chi connectivity index (χ2n) is 7.01. The molecule has 3 aromatic rings. The van der Waals surface area contributed by atoms with Crippen LogP contribution in [0.1, 0.15) is 27.0 Å². The van der Waals surface area contributed by atoms with Crippen molar-refractivity contribution in [2.24, 2.45) is 5.73 Å². The Bertz CT molecular complexity index is 1140. The standard InChI is InChI=1S/C22H22ClN3O4S/c1-11-5-12(2)19(13(3)6-11)16-10-31-22(25-16)26-21(28)14-7-15(23)20(17(8-14)29-4)30-9-18(24)27/h5-8,10H,9H2,1-4H3,(H2,24,27)(H,25,26,28). The van der Waals surface area contributed by atoms with Crippen LogP contribution in [0.5, 0.6) is 11.5 Å². The van der Waals surface area contributed by atoms with E-state index in [9.17, 15) is 9.59 Å². The van der Waals surface area contributed by atoms with E-state index in [-0.39, 0.29) is 28.7 Å². The summed E-state index contributed by atoms with van der Waals surface area (Å²) in [6, 6.07) is 7.12. The number of hydrogen-bond donors (Lipinski definition) is 2. The average Bonchev–Trinajstić information content (AvgIpc) is 3.13. The summed E-state index contributed by atoms with van der Waals surface area (Å²) in [5.41, 5.74) is 10.7. The first-order chi connectivity index (χ1) is 14.7. The van der Waals surface area contributed by atoms with Crippen molar-refractivity contribution in [2.75, 3.05) is 19.0 Å². The number of nitrogens with two attached hydrogens (primary N) is 1. The maximum Gasteiger partial charge on any atom is 0.257 e. The Balaban J connectivity index is 1.83. The number of amides is 2. The lowest BCUT2D eigenvalue weighted by atomic mass is 9.98. The Morgan fingerprint density at radius 2 is 1.84 bits per heavy atom. The van der Waals surface area contributed by atoms with E-state index in [0.717, 1.165) is 22.4 Å². The molecule has 31 heavy (non-hydrogen) atoms. The van der Waals surface area contributed by atoms with Crippen LogP contribution in [0.3, 0.4) is 0 Å². The predicted molar refractivity (Wildman–Crippen MR) is 122 cm³/mol. The largest absolute Gasteiger partial charge is 0.493 e. The fourth-order valence-electron chi connectivity index (χ4n) is 3.33. The number of ether oxygens (including phenoxy) is 2. The van der Waals surface area contributed by atoms with Gasteiger partial charge in [0, 0.05) is 16.5 Å². The molecule has 162 valence electrons. The molecule has 2 aromatic carbocycles. The highest BCUT2D eigenvalue weighted by molar-refractivity contribution is 7.14. The van der Waals surface area contributed by atoms with Crippen molar-refractivity contribution in [1.82, 2.24) is 4.98 Å². The summed E-state index contributed by atoms with van der Waals surface area (Å²) in [7, 11) is 1.41. The van der Waals surface area contributed by atoms with Gasteiger partial charge in [-0.15, -0.1) is 11.3 Å². The molecule has 9 heteroatoms. The van der Waals surface area contributed by atoms with E-state index in [1.165, 1.54) is 36.1 Å². The van der Waals surface area contributed by atoms with Crippen LogP contribution in [0, 0.1) is 20.8 Å². The lowest BCUT2D eigenvalue weighted by Gasteiger charge is -2.13. The number of benzene rings is 2. The molecule has 7 nitrogen and oxygen atoms in total. The minimum atomic E-state index is -0.654. The predicted octanol–water partition coefficient (Wildman–Crippen LogP) is 4.51. The average molecular weight is 460 g/mol. The highest BCUT2D eigenvalue weighted by Gasteiger charge is 2.18. The van der Waals surface area contributed by atoms with Crippen molar-refractivity contribution in [3.8, 4) is 22.8 Å². The van der Waals surface area contributed by atoms with Crippen molar-refractivity contribution in [3.63, 3.8) is 0 Å². The number of halogens is 1. The number of nitrogens with one attached hydrogen (secondary N) is 1. The molecule has 3 rings (SSSR count). The summed E-state index contributed by atoms with van der Waals surface area (Å²) in [5, 5.41) is 5.28. The number of thiazole rings is 1. The molecule has 0 aliphatic carbocycles. The third-order valence-electron chi connectivity index (χ3n) is 4.51. The number of primary amides is 1. The molecule has 0 fully saturated rings. The van der Waals surface area contributed by atoms with Crippen molar-refractivity contribution in [2.45, 2.75) is 20.8 Å². The summed E-state index contributed by atoms with van der Waals surface area (Å²) in [6.07, 6.45) is 0. The van der Waals surface area contributed by atoms with Gasteiger partial charge < -0.3 is 15.2 Å². The number of anilines is 1. The van der Waals surface area contributed by atoms with Crippen molar-refractivity contribution in [3.05, 3.63) is 56.9 Å². The molecule has 0 bridgehead atoms. The van der Waals surface area contributed by atoms with Crippen LogP contribution in [-0.4, -0.2) is 30.5 Å². The Hall–Kier alpha value is -3.10. The van der Waals surface area contributed by atoms with E-state index in [2.05, 4.69) is 29.4 Å². The molecule has 0 atom stereocenters. The Labute approximate surface area is 189 Å². The van der Waals surface area contributed by atoms with Gasteiger partial charge in [-0.2, -0.15) is 0 Å². The Morgan fingerprint density at radius 1 is 1.16 bits per heavy atom. The van der Waals surface area contributed by atoms with E-state index in [4.69, 9.17) is 26.8 Å². The number of aryl methyl sites for hydroxylation is 3. The first kappa shape index (κ1) is 22.6. The van der Waals surface area contributed by atoms with E-state index < -0.39 is 11.8 Å². The first-order valence-corrected chi connectivity index (χ1v) is 10.6. The van der Waals surface area contributed by atoms with Crippen LogP contribution in [-0.2, 0) is 4.79 Å². The van der Waals surface area contributed by atoms with Gasteiger partial charge in [0.15, 0.2) is 23.2 Å². The van der Waals surface area contributed by atoms with Gasteiger partial charge in [0.1, 0.15) is 0 Å². The fraction of sp³-hybridized carbons (Fsp3) is 0.227. The zero-order valence-corrected chi connectivity index (χ0v) is 19.1. The minimum Gasteiger partial charge on any atom is -0.493 e. The second kappa shape index (κ2) is 9.36. The summed E-state index contributed by atoms with van der Waals surface area (Å²) in [4.78, 5) is 28.3. The van der Waals surface area contributed by atoms with Crippen molar-refractivity contribution >= 4 is 39.9 Å². The number of carbonyl (C=O) groups is 2. The summed E-state index contributed by atoms with van der Waals surface area (Å²) >= 11 is 7.56. The summed E-state index contributed by atoms with van der Waals surface area (Å²) in [6.45, 7) is 5.79. The lowest BCUT2D eigenvalue weighted by Crippen LogP contribution is -2.20. The highest BCUT2D eigenvalue weighted by Crippen LogP contribution is 2.37. The SMILES string of the molecule is COc1cc(C(=O)Nc2nc(-c3c(C)cc(C)cc3C)cs2)cc(Cl)c1OCC(N)=O. The van der Waals surface area contributed by atoms with Gasteiger partial charge >= 0.3 is 0 Å². The van der Waals surface area contributed by atoms with Gasteiger partial charge in [0.05, 0.1) is 17.8 Å². The van der Waals surface area contributed by atoms with Crippen LogP contribution >= 0.6 is 22.9 Å². The summed E-state index contributed by atoms with van der Waals surface area (Å²) in [5.74, 6) is -0.704. The van der Waals surface area contributed by atoms with Crippen molar-refractivity contribution in [1.29, 1.82) is 0 Å². The number of carbonyl (C=O) groups excluding carboxylic acids is 2. The molecule has 0 aliphatic rings. The fourth-order valence-corrected chi connectivity index (χ4v) is 4.30. The number of methoxy groups -OCH3 is 1. The lowest BCUT2D eigenvalue weighted by molar-refractivity contribution is -0.119. The molecule has 0 spiro atoms. The van der Waals surface area contributed by atoms with Crippen LogP contribution in [0.25, 0.3) is 11.3 Å². The molecular weight excluding hydrogens is 438 g/mol. The van der Waals surface area contributed by atoms with E-state index in [0.29, 0.717) is 5.13 Å². The Morgan fingerprint density at radius 3 is 2.45 bits per heavy atom. The third kappa shape index (κ3) is 5.15. The topological polar surface area (TPSA) is 104 Å². The molecule has 3 N–H and O–H groups in total. The van der Waals surface area contributed by atoms with Gasteiger partial charge in [-0.25, -0.2) is 4.98 Å². The maximum atomic E-state index is 12.8. The number of hydrogen-bond acceptors (Lipinski definition) is 6. The zero-order chi connectivity index (χ0) is 22.7. The van der Waals surface area contributed by atoms with Gasteiger partial charge in [-0.1, -0.05) is 29.3 Å². The minimum absolute atomic E-state index is 0.122. The van der Waals surface area contributed by atoms with E-state index in [1.807, 2.05) is 19.2 Å². The Kier molecular flexibility index (Phi) is 6.82. The monoisotopic (exact) mass is 459 g/mol. The van der Waals surface area contributed by atoms with Gasteiger partial charge in [-0.3, -0.25) is 14.9 Å². The molecule has 0 unspecified atom stereocenters. The van der Waals surface area contributed by atoms with Gasteiger partial charge in [-0.05, 0) is 44.0 Å². The summed E-state index contributed by atoms with van der Waals surface area (Å²) < 4.78 is 10.5. The van der Waals surface area contributed by atoms with Crippen molar-refractivity contribution < 1.29 is 19.1 Å². The van der Waals surface area contributed by atoms with E-state index >= 15 is 0 Å². The normalized spacial score (nSPS) is 10.6. The zero-order valence-electron chi connectivity index (χ0n) is 17.5. The maximum absolute atomic E-state index is 12.8. The van der Waals surface area contributed by atoms with Crippen LogP contribution < -0.4 is 20.5 Å². The van der Waals surface area contributed by atoms with E-state index in [1.54, 1.807) is 0 Å². The molecule has 0 radical (unpaired) electrons. The molecular formula is C22H22ClN3O4S. The van der Waals surface area contributed by atoms with Gasteiger partial charge in [0.2, 0.25) is 0 Å². The second-order valence-corrected chi connectivity index (χ2v) is 8.28. The highest BCUT2D eigenvalue weighted by atomic mass is 35.5. The van der Waals surface area contributed by atoms with Crippen LogP contribution in [0.2, 0.25) is 5.02 Å². The number of rotatable bonds is 7. The molecule has 0 saturated carbocycles.